The van der Waals surface area contributed by atoms with Crippen LogP contribution in [-0.2, 0) is 10.0 Å². The second-order valence-electron chi connectivity index (χ2n) is 5.15. The Hall–Kier alpha value is -1.41. The number of benzene rings is 1. The van der Waals surface area contributed by atoms with Crippen LogP contribution in [0, 0.1) is 0 Å². The highest BCUT2D eigenvalue weighted by Gasteiger charge is 2.25. The molecule has 0 radical (unpaired) electrons. The Morgan fingerprint density at radius 2 is 1.90 bits per heavy atom. The van der Waals surface area contributed by atoms with E-state index in [1.165, 1.54) is 30.3 Å². The van der Waals surface area contributed by atoms with E-state index in [4.69, 9.17) is 10.2 Å². The topological polar surface area (TPSA) is 102 Å². The Bertz CT molecular complexity index is 799. The van der Waals surface area contributed by atoms with Crippen molar-refractivity contribution in [1.82, 2.24) is 4.72 Å². The number of hydrogen-bond acceptors (Lipinski definition) is 5. The summed E-state index contributed by atoms with van der Waals surface area (Å²) in [6, 6.07) is 7.07. The van der Waals surface area contributed by atoms with Crippen LogP contribution < -0.4 is 16.1 Å². The number of sulfonamides is 1. The molecule has 3 N–H and O–H groups in total. The van der Waals surface area contributed by atoms with E-state index in [2.05, 4.69) is 4.72 Å². The van der Waals surface area contributed by atoms with Crippen molar-refractivity contribution in [1.29, 1.82) is 0 Å². The molecular formula is C13H17ClN2O4S. The van der Waals surface area contributed by atoms with E-state index in [1.807, 2.05) is 0 Å². The normalized spacial score (nSPS) is 12.1. The molecule has 1 aromatic carbocycles. The number of hydrogen-bond donors (Lipinski definition) is 2. The van der Waals surface area contributed by atoms with Gasteiger partial charge in [-0.25, -0.2) is 17.9 Å². The monoisotopic (exact) mass is 332 g/mol. The summed E-state index contributed by atoms with van der Waals surface area (Å²) in [6.45, 7) is 3.57. The molecule has 1 heterocycles. The van der Waals surface area contributed by atoms with Gasteiger partial charge in [-0.1, -0.05) is 0 Å². The average molecular weight is 333 g/mol. The van der Waals surface area contributed by atoms with Gasteiger partial charge >= 0.3 is 5.63 Å². The van der Waals surface area contributed by atoms with Crippen LogP contribution in [0.2, 0.25) is 0 Å². The van der Waals surface area contributed by atoms with Gasteiger partial charge in [0.05, 0.1) is 4.90 Å². The standard InChI is InChI=1S/C13H16N2O4S.ClH/c1-13(2,8-14)15-20(17,18)10-4-5-11-9(7-10)3-6-12(16)19-11;/h3-7,15H,8,14H2,1-2H3;1H. The Morgan fingerprint density at radius 1 is 1.24 bits per heavy atom. The molecule has 0 saturated heterocycles. The van der Waals surface area contributed by atoms with E-state index in [0.29, 0.717) is 11.0 Å². The van der Waals surface area contributed by atoms with Crippen molar-refractivity contribution >= 4 is 33.4 Å². The first-order valence-corrected chi connectivity index (χ1v) is 7.50. The van der Waals surface area contributed by atoms with Crippen molar-refractivity contribution in [3.8, 4) is 0 Å². The third-order valence-corrected chi connectivity index (χ3v) is 4.52. The molecule has 0 spiro atoms. The minimum absolute atomic E-state index is 0. The predicted octanol–water partition coefficient (Wildman–Crippen LogP) is 1.23. The molecule has 0 bridgehead atoms. The molecule has 0 aliphatic rings. The van der Waals surface area contributed by atoms with E-state index >= 15 is 0 Å². The summed E-state index contributed by atoms with van der Waals surface area (Å²) in [5.74, 6) is 0. The molecule has 0 unspecified atom stereocenters. The highest BCUT2D eigenvalue weighted by Crippen LogP contribution is 2.19. The van der Waals surface area contributed by atoms with Gasteiger partial charge in [-0.05, 0) is 38.1 Å². The van der Waals surface area contributed by atoms with Gasteiger partial charge in [0, 0.05) is 23.5 Å². The number of nitrogens with one attached hydrogen (secondary N) is 1. The first kappa shape index (κ1) is 17.6. The summed E-state index contributed by atoms with van der Waals surface area (Å²) in [7, 11) is -3.68. The van der Waals surface area contributed by atoms with E-state index < -0.39 is 21.2 Å². The SMILES string of the molecule is CC(C)(CN)NS(=O)(=O)c1ccc2oc(=O)ccc2c1.Cl. The van der Waals surface area contributed by atoms with Crippen molar-refractivity contribution in [2.75, 3.05) is 6.54 Å². The van der Waals surface area contributed by atoms with Crippen LogP contribution in [0.3, 0.4) is 0 Å². The van der Waals surface area contributed by atoms with Crippen LogP contribution in [0.15, 0.2) is 44.4 Å². The summed E-state index contributed by atoms with van der Waals surface area (Å²) in [5.41, 5.74) is 4.65. The van der Waals surface area contributed by atoms with E-state index in [9.17, 15) is 13.2 Å². The Balaban J connectivity index is 0.00000220. The summed E-state index contributed by atoms with van der Waals surface area (Å²) in [4.78, 5) is 11.2. The van der Waals surface area contributed by atoms with Gasteiger partial charge in [0.2, 0.25) is 10.0 Å². The zero-order valence-corrected chi connectivity index (χ0v) is 13.3. The Morgan fingerprint density at radius 3 is 2.52 bits per heavy atom. The highest BCUT2D eigenvalue weighted by atomic mass is 35.5. The third-order valence-electron chi connectivity index (χ3n) is 2.82. The Labute approximate surface area is 128 Å². The van der Waals surface area contributed by atoms with E-state index in [1.54, 1.807) is 13.8 Å². The van der Waals surface area contributed by atoms with E-state index in [-0.39, 0.29) is 23.8 Å². The maximum absolute atomic E-state index is 12.3. The highest BCUT2D eigenvalue weighted by molar-refractivity contribution is 7.89. The lowest BCUT2D eigenvalue weighted by molar-refractivity contribution is 0.462. The fourth-order valence-electron chi connectivity index (χ4n) is 1.68. The summed E-state index contributed by atoms with van der Waals surface area (Å²) in [5, 5.41) is 0.540. The molecule has 0 aliphatic carbocycles. The molecule has 0 amide bonds. The number of halogens is 1. The lowest BCUT2D eigenvalue weighted by atomic mass is 10.1. The zero-order valence-electron chi connectivity index (χ0n) is 11.6. The molecule has 0 aliphatic heterocycles. The number of nitrogens with two attached hydrogens (primary N) is 1. The number of rotatable bonds is 4. The van der Waals surface area contributed by atoms with Crippen molar-refractivity contribution < 1.29 is 12.8 Å². The molecule has 0 saturated carbocycles. The summed E-state index contributed by atoms with van der Waals surface area (Å²) < 4.78 is 32.0. The Kier molecular flexibility index (Phi) is 5.16. The summed E-state index contributed by atoms with van der Waals surface area (Å²) in [6.07, 6.45) is 0. The van der Waals surface area contributed by atoms with Gasteiger partial charge < -0.3 is 10.2 Å². The van der Waals surface area contributed by atoms with Crippen LogP contribution in [0.25, 0.3) is 11.0 Å². The van der Waals surface area contributed by atoms with Gasteiger partial charge in [-0.2, -0.15) is 0 Å². The lowest BCUT2D eigenvalue weighted by Gasteiger charge is -2.23. The van der Waals surface area contributed by atoms with Gasteiger partial charge in [0.25, 0.3) is 0 Å². The second-order valence-corrected chi connectivity index (χ2v) is 6.83. The molecule has 1 aromatic heterocycles. The molecular weight excluding hydrogens is 316 g/mol. The summed E-state index contributed by atoms with van der Waals surface area (Å²) >= 11 is 0. The maximum Gasteiger partial charge on any atom is 0.336 e. The van der Waals surface area contributed by atoms with Crippen LogP contribution in [0.4, 0.5) is 0 Å². The first-order chi connectivity index (χ1) is 9.23. The fourth-order valence-corrected chi connectivity index (χ4v) is 3.14. The largest absolute Gasteiger partial charge is 0.423 e. The zero-order chi connectivity index (χ0) is 15.0. The first-order valence-electron chi connectivity index (χ1n) is 6.01. The van der Waals surface area contributed by atoms with Crippen LogP contribution in [0.1, 0.15) is 13.8 Å². The molecule has 2 rings (SSSR count). The smallest absolute Gasteiger partial charge is 0.336 e. The molecule has 8 heteroatoms. The number of fused-ring (bicyclic) bond motifs is 1. The van der Waals surface area contributed by atoms with Gasteiger partial charge in [-0.15, -0.1) is 12.4 Å². The third kappa shape index (κ3) is 4.04. The van der Waals surface area contributed by atoms with Crippen molar-refractivity contribution in [3.63, 3.8) is 0 Å². The minimum atomic E-state index is -3.68. The molecule has 6 nitrogen and oxygen atoms in total. The van der Waals surface area contributed by atoms with Gasteiger partial charge in [-0.3, -0.25) is 0 Å². The fraction of sp³-hybridized carbons (Fsp3) is 0.308. The molecule has 0 atom stereocenters. The van der Waals surface area contributed by atoms with Crippen molar-refractivity contribution in [3.05, 3.63) is 40.8 Å². The van der Waals surface area contributed by atoms with Crippen molar-refractivity contribution in [2.45, 2.75) is 24.3 Å². The molecule has 116 valence electrons. The predicted molar refractivity (Wildman–Crippen MR) is 83.2 cm³/mol. The lowest BCUT2D eigenvalue weighted by Crippen LogP contribution is -2.48. The van der Waals surface area contributed by atoms with Gasteiger partial charge in [0.1, 0.15) is 5.58 Å². The van der Waals surface area contributed by atoms with Crippen molar-refractivity contribution in [2.24, 2.45) is 5.73 Å². The van der Waals surface area contributed by atoms with Crippen LogP contribution >= 0.6 is 12.4 Å². The molecule has 2 aromatic rings. The minimum Gasteiger partial charge on any atom is -0.423 e. The van der Waals surface area contributed by atoms with Crippen LogP contribution in [0.5, 0.6) is 0 Å². The molecule has 0 fully saturated rings. The maximum atomic E-state index is 12.3. The quantitative estimate of drug-likeness (QED) is 0.820. The van der Waals surface area contributed by atoms with E-state index in [0.717, 1.165) is 0 Å². The average Bonchev–Trinajstić information content (AvgIpc) is 2.37. The second kappa shape index (κ2) is 6.15. The van der Waals surface area contributed by atoms with Crippen LogP contribution in [-0.4, -0.2) is 20.5 Å². The van der Waals surface area contributed by atoms with Gasteiger partial charge in [0.15, 0.2) is 0 Å². The molecule has 21 heavy (non-hydrogen) atoms.